The van der Waals surface area contributed by atoms with E-state index in [0.717, 1.165) is 66.3 Å². The molecule has 152 valence electrons. The number of thioether (sulfide) groups is 1. The first kappa shape index (κ1) is 19.3. The number of benzene rings is 2. The predicted molar refractivity (Wildman–Crippen MR) is 120 cm³/mol. The van der Waals surface area contributed by atoms with E-state index in [9.17, 15) is 9.59 Å². The van der Waals surface area contributed by atoms with Crippen molar-refractivity contribution < 1.29 is 4.79 Å². The highest BCUT2D eigenvalue weighted by Crippen LogP contribution is 2.49. The van der Waals surface area contributed by atoms with Crippen LogP contribution in [0.5, 0.6) is 0 Å². The van der Waals surface area contributed by atoms with Gasteiger partial charge in [0.25, 0.3) is 5.56 Å². The van der Waals surface area contributed by atoms with E-state index in [0.29, 0.717) is 11.6 Å². The van der Waals surface area contributed by atoms with E-state index in [-0.39, 0.29) is 16.1 Å². The summed E-state index contributed by atoms with van der Waals surface area (Å²) in [6.07, 6.45) is 5.59. The van der Waals surface area contributed by atoms with E-state index < -0.39 is 0 Å². The van der Waals surface area contributed by atoms with Crippen molar-refractivity contribution in [1.82, 2.24) is 9.55 Å². The molecule has 1 aromatic heterocycles. The lowest BCUT2D eigenvalue weighted by Gasteiger charge is -2.36. The van der Waals surface area contributed by atoms with Crippen molar-refractivity contribution in [1.29, 1.82) is 0 Å². The summed E-state index contributed by atoms with van der Waals surface area (Å²) in [6, 6.07) is 18.0. The Hall–Kier alpha value is -2.66. The first-order valence-electron chi connectivity index (χ1n) is 10.5. The lowest BCUT2D eigenvalue weighted by molar-refractivity contribution is -0.110. The Morgan fingerprint density at radius 3 is 2.53 bits per heavy atom. The number of fused-ring (bicyclic) bond motifs is 4. The van der Waals surface area contributed by atoms with Gasteiger partial charge in [0.2, 0.25) is 5.12 Å². The van der Waals surface area contributed by atoms with Crippen LogP contribution in [0, 0.1) is 0 Å². The molecule has 30 heavy (non-hydrogen) atoms. The van der Waals surface area contributed by atoms with Gasteiger partial charge in [-0.05, 0) is 42.2 Å². The zero-order valence-corrected chi connectivity index (χ0v) is 17.9. The molecule has 0 aliphatic heterocycles. The van der Waals surface area contributed by atoms with Crippen molar-refractivity contribution in [2.24, 2.45) is 7.05 Å². The first-order chi connectivity index (χ1) is 14.6. The van der Waals surface area contributed by atoms with Gasteiger partial charge in [0.1, 0.15) is 0 Å². The summed E-state index contributed by atoms with van der Waals surface area (Å²) in [5.74, 6) is 0. The van der Waals surface area contributed by atoms with Crippen molar-refractivity contribution in [3.8, 4) is 11.3 Å². The number of hydrogen-bond donors (Lipinski definition) is 0. The summed E-state index contributed by atoms with van der Waals surface area (Å²) < 4.78 is 1.58. The molecule has 2 aliphatic carbocycles. The van der Waals surface area contributed by atoms with Gasteiger partial charge in [-0.3, -0.25) is 14.2 Å². The fourth-order valence-corrected chi connectivity index (χ4v) is 5.88. The van der Waals surface area contributed by atoms with Crippen LogP contribution in [0.4, 0.5) is 0 Å². The average molecular weight is 417 g/mol. The van der Waals surface area contributed by atoms with Crippen molar-refractivity contribution in [3.05, 3.63) is 81.6 Å². The summed E-state index contributed by atoms with van der Waals surface area (Å²) in [6.45, 7) is 0. The fraction of sp³-hybridized carbons (Fsp3) is 0.320. The zero-order valence-electron chi connectivity index (χ0n) is 17.1. The molecule has 0 radical (unpaired) electrons. The summed E-state index contributed by atoms with van der Waals surface area (Å²) in [7, 11) is 1.75. The molecule has 2 aliphatic rings. The number of hydrogen-bond acceptors (Lipinski definition) is 4. The quantitative estimate of drug-likeness (QED) is 0.460. The Balaban J connectivity index is 1.58. The van der Waals surface area contributed by atoms with Gasteiger partial charge in [-0.25, -0.2) is 4.98 Å². The van der Waals surface area contributed by atoms with Gasteiger partial charge in [0, 0.05) is 24.4 Å². The SMILES string of the molecule is Cn1c(SC(=O)Cc2ccccc2)nc2c(c1=O)C1(CCCC1)Cc1ccccc1-2. The molecule has 4 nitrogen and oxygen atoms in total. The van der Waals surface area contributed by atoms with Gasteiger partial charge < -0.3 is 0 Å². The molecule has 0 bridgehead atoms. The molecule has 0 N–H and O–H groups in total. The molecule has 0 atom stereocenters. The van der Waals surface area contributed by atoms with E-state index in [1.165, 1.54) is 5.56 Å². The minimum Gasteiger partial charge on any atom is -0.290 e. The second kappa shape index (κ2) is 7.55. The lowest BCUT2D eigenvalue weighted by atomic mass is 9.68. The Morgan fingerprint density at radius 2 is 1.77 bits per heavy atom. The maximum atomic E-state index is 13.5. The summed E-state index contributed by atoms with van der Waals surface area (Å²) in [5.41, 5.74) is 4.82. The van der Waals surface area contributed by atoms with E-state index in [2.05, 4.69) is 18.2 Å². The number of carbonyl (C=O) groups is 1. The maximum Gasteiger partial charge on any atom is 0.258 e. The number of nitrogens with zero attached hydrogens (tertiary/aromatic N) is 2. The van der Waals surface area contributed by atoms with Crippen molar-refractivity contribution in [2.45, 2.75) is 49.1 Å². The molecule has 0 saturated heterocycles. The van der Waals surface area contributed by atoms with Crippen LogP contribution in [0.2, 0.25) is 0 Å². The van der Waals surface area contributed by atoms with Gasteiger partial charge in [-0.2, -0.15) is 0 Å². The molecule has 1 saturated carbocycles. The third-order valence-electron chi connectivity index (χ3n) is 6.54. The summed E-state index contributed by atoms with van der Waals surface area (Å²) in [5, 5.41) is 0.466. The van der Waals surface area contributed by atoms with Crippen LogP contribution in [0.1, 0.15) is 42.4 Å². The number of carbonyl (C=O) groups excluding carboxylic acids is 1. The van der Waals surface area contributed by atoms with Gasteiger partial charge in [-0.15, -0.1) is 0 Å². The molecule has 5 heteroatoms. The Morgan fingerprint density at radius 1 is 1.07 bits per heavy atom. The maximum absolute atomic E-state index is 13.5. The van der Waals surface area contributed by atoms with E-state index in [1.54, 1.807) is 11.6 Å². The minimum absolute atomic E-state index is 0.00594. The molecular formula is C25H24N2O2S. The fourth-order valence-electron chi connectivity index (χ4n) is 5.08. The first-order valence-corrected chi connectivity index (χ1v) is 11.3. The van der Waals surface area contributed by atoms with Crippen molar-refractivity contribution in [3.63, 3.8) is 0 Å². The van der Waals surface area contributed by atoms with E-state index >= 15 is 0 Å². The van der Waals surface area contributed by atoms with Gasteiger partial charge >= 0.3 is 0 Å². The summed E-state index contributed by atoms with van der Waals surface area (Å²) in [4.78, 5) is 31.2. The average Bonchev–Trinajstić information content (AvgIpc) is 3.20. The van der Waals surface area contributed by atoms with Crippen molar-refractivity contribution >= 4 is 16.9 Å². The normalized spacial score (nSPS) is 16.3. The topological polar surface area (TPSA) is 52.0 Å². The largest absolute Gasteiger partial charge is 0.290 e. The molecule has 1 fully saturated rings. The van der Waals surface area contributed by atoms with Gasteiger partial charge in [-0.1, -0.05) is 67.4 Å². The van der Waals surface area contributed by atoms with Crippen LogP contribution >= 0.6 is 11.8 Å². The van der Waals surface area contributed by atoms with Crippen LogP contribution in [-0.4, -0.2) is 14.7 Å². The number of aromatic nitrogens is 2. The highest BCUT2D eigenvalue weighted by atomic mass is 32.2. The molecule has 0 unspecified atom stereocenters. The van der Waals surface area contributed by atoms with Crippen LogP contribution in [0.3, 0.4) is 0 Å². The molecule has 2 aromatic carbocycles. The smallest absolute Gasteiger partial charge is 0.258 e. The monoisotopic (exact) mass is 416 g/mol. The third kappa shape index (κ3) is 3.21. The Bertz CT molecular complexity index is 1180. The minimum atomic E-state index is -0.108. The van der Waals surface area contributed by atoms with Crippen molar-refractivity contribution in [2.75, 3.05) is 0 Å². The van der Waals surface area contributed by atoms with E-state index in [1.807, 2.05) is 36.4 Å². The highest BCUT2D eigenvalue weighted by molar-refractivity contribution is 8.13. The lowest BCUT2D eigenvalue weighted by Crippen LogP contribution is -2.39. The second-order valence-corrected chi connectivity index (χ2v) is 9.46. The molecule has 1 heterocycles. The van der Waals surface area contributed by atoms with Crippen LogP contribution in [0.15, 0.2) is 64.5 Å². The number of rotatable bonds is 3. The van der Waals surface area contributed by atoms with Gasteiger partial charge in [0.15, 0.2) is 5.16 Å². The Labute approximate surface area is 180 Å². The van der Waals surface area contributed by atoms with Crippen LogP contribution in [-0.2, 0) is 30.1 Å². The second-order valence-electron chi connectivity index (χ2n) is 8.44. The Kier molecular flexibility index (Phi) is 4.86. The predicted octanol–water partition coefficient (Wildman–Crippen LogP) is 4.68. The molecule has 5 rings (SSSR count). The standard InChI is InChI=1S/C25H24N2O2S/c1-27-23(29)21-22(26-24(27)30-20(28)15-17-9-3-2-4-10-17)19-12-6-5-11-18(19)16-25(21)13-7-8-14-25/h2-6,9-12H,7-8,13-16H2,1H3. The third-order valence-corrected chi connectivity index (χ3v) is 7.46. The summed E-state index contributed by atoms with van der Waals surface area (Å²) >= 11 is 1.07. The van der Waals surface area contributed by atoms with E-state index in [4.69, 9.17) is 4.98 Å². The highest BCUT2D eigenvalue weighted by Gasteiger charge is 2.44. The van der Waals surface area contributed by atoms with Gasteiger partial charge in [0.05, 0.1) is 11.3 Å². The van der Waals surface area contributed by atoms with Crippen LogP contribution in [0.25, 0.3) is 11.3 Å². The molecule has 0 amide bonds. The molecular weight excluding hydrogens is 392 g/mol. The molecule has 1 spiro atoms. The zero-order chi connectivity index (χ0) is 20.7. The van der Waals surface area contributed by atoms with Crippen LogP contribution < -0.4 is 5.56 Å². The molecule has 3 aromatic rings.